The Balaban J connectivity index is 2.46. The number of benzene rings is 1. The quantitative estimate of drug-likeness (QED) is 0.593. The number of rotatable bonds is 5. The number of aryl methyl sites for hydroxylation is 1. The van der Waals surface area contributed by atoms with Crippen molar-refractivity contribution in [2.45, 2.75) is 25.9 Å². The minimum absolute atomic E-state index is 0.0284. The molecular weight excluding hydrogens is 347 g/mol. The molecule has 1 aromatic carbocycles. The molecule has 0 saturated carbocycles. The Morgan fingerprint density at radius 2 is 2.00 bits per heavy atom. The molecule has 136 valence electrons. The van der Waals surface area contributed by atoms with E-state index in [0.717, 1.165) is 16.8 Å². The number of aromatic nitrogens is 2. The summed E-state index contributed by atoms with van der Waals surface area (Å²) in [7, 11) is 1.24. The number of hydrogen-bond acceptors (Lipinski definition) is 3. The molecule has 0 atom stereocenters. The third kappa shape index (κ3) is 4.15. The highest BCUT2D eigenvalue weighted by Gasteiger charge is 2.32. The molecule has 0 aliphatic rings. The zero-order valence-corrected chi connectivity index (χ0v) is 13.4. The molecule has 1 heterocycles. The van der Waals surface area contributed by atoms with Crippen LogP contribution in [0, 0.1) is 0 Å². The fourth-order valence-electron chi connectivity index (χ4n) is 2.45. The van der Waals surface area contributed by atoms with E-state index < -0.39 is 35.4 Å². The van der Waals surface area contributed by atoms with Crippen LogP contribution in [0.4, 0.5) is 22.0 Å². The van der Waals surface area contributed by atoms with Crippen molar-refractivity contribution in [1.29, 1.82) is 0 Å². The molecule has 25 heavy (non-hydrogen) atoms. The zero-order valence-electron chi connectivity index (χ0n) is 13.4. The summed E-state index contributed by atoms with van der Waals surface area (Å²) >= 11 is 0. The van der Waals surface area contributed by atoms with Gasteiger partial charge in [-0.2, -0.15) is 18.3 Å². The third-order valence-electron chi connectivity index (χ3n) is 3.48. The average Bonchev–Trinajstić information content (AvgIpc) is 2.83. The minimum atomic E-state index is -4.53. The van der Waals surface area contributed by atoms with Gasteiger partial charge in [-0.05, 0) is 18.6 Å². The highest BCUT2D eigenvalue weighted by molar-refractivity contribution is 5.92. The molecule has 2 aromatic rings. The zero-order chi connectivity index (χ0) is 18.8. The Labute approximate surface area is 140 Å². The van der Waals surface area contributed by atoms with Crippen molar-refractivity contribution < 1.29 is 31.5 Å². The molecule has 0 N–H and O–H groups in total. The Kier molecular flexibility index (Phi) is 5.44. The summed E-state index contributed by atoms with van der Waals surface area (Å²) in [5.74, 6) is -0.979. The van der Waals surface area contributed by atoms with Gasteiger partial charge in [0.05, 0.1) is 17.9 Å². The Morgan fingerprint density at radius 1 is 1.32 bits per heavy atom. The molecule has 4 nitrogen and oxygen atoms in total. The number of esters is 1. The number of carbonyl (C=O) groups excluding carboxylic acids is 1. The molecule has 0 aliphatic heterocycles. The highest BCUT2D eigenvalue weighted by atomic mass is 19.4. The van der Waals surface area contributed by atoms with Gasteiger partial charge >= 0.3 is 12.1 Å². The number of carbonyl (C=O) groups is 1. The standard InChI is InChI=1S/C16H15F5N2O2/c1-3-25-15(24)12-11(22-23(2)13(12)14(17)18)8-9-5-4-6-10(7-9)16(19,20)21/h4-7,14H,3,8H2,1-2H3. The normalized spacial score (nSPS) is 11.8. The first-order valence-corrected chi connectivity index (χ1v) is 7.32. The van der Waals surface area contributed by atoms with E-state index >= 15 is 0 Å². The maximum atomic E-state index is 13.2. The van der Waals surface area contributed by atoms with Crippen LogP contribution in [0.15, 0.2) is 24.3 Å². The third-order valence-corrected chi connectivity index (χ3v) is 3.48. The largest absolute Gasteiger partial charge is 0.462 e. The second-order valence-electron chi connectivity index (χ2n) is 5.23. The second kappa shape index (κ2) is 7.20. The van der Waals surface area contributed by atoms with Crippen molar-refractivity contribution >= 4 is 5.97 Å². The van der Waals surface area contributed by atoms with Gasteiger partial charge in [-0.15, -0.1) is 0 Å². The Bertz CT molecular complexity index is 768. The van der Waals surface area contributed by atoms with Crippen LogP contribution in [0.2, 0.25) is 0 Å². The molecule has 0 amide bonds. The van der Waals surface area contributed by atoms with Crippen LogP contribution in [0.5, 0.6) is 0 Å². The minimum Gasteiger partial charge on any atom is -0.462 e. The molecule has 9 heteroatoms. The fourth-order valence-corrected chi connectivity index (χ4v) is 2.45. The molecule has 0 spiro atoms. The van der Waals surface area contributed by atoms with Gasteiger partial charge < -0.3 is 4.74 Å². The van der Waals surface area contributed by atoms with Crippen molar-refractivity contribution in [3.8, 4) is 0 Å². The molecule has 0 unspecified atom stereocenters. The van der Waals surface area contributed by atoms with Gasteiger partial charge in [-0.1, -0.05) is 18.2 Å². The molecule has 0 aliphatic carbocycles. The van der Waals surface area contributed by atoms with Gasteiger partial charge in [0, 0.05) is 13.5 Å². The van der Waals surface area contributed by atoms with E-state index in [9.17, 15) is 26.7 Å². The van der Waals surface area contributed by atoms with E-state index in [1.165, 1.54) is 26.1 Å². The summed E-state index contributed by atoms with van der Waals surface area (Å²) in [6, 6.07) is 4.41. The smallest absolute Gasteiger partial charge is 0.416 e. The first-order chi connectivity index (χ1) is 11.6. The van der Waals surface area contributed by atoms with Crippen LogP contribution >= 0.6 is 0 Å². The van der Waals surface area contributed by atoms with Gasteiger partial charge in [0.15, 0.2) is 0 Å². The number of nitrogens with zero attached hydrogens (tertiary/aromatic N) is 2. The number of halogens is 5. The number of ether oxygens (including phenoxy) is 1. The van der Waals surface area contributed by atoms with Gasteiger partial charge in [0.25, 0.3) is 6.43 Å². The van der Waals surface area contributed by atoms with E-state index in [4.69, 9.17) is 4.74 Å². The monoisotopic (exact) mass is 362 g/mol. The van der Waals surface area contributed by atoms with Crippen LogP contribution in [0.1, 0.15) is 46.2 Å². The van der Waals surface area contributed by atoms with Gasteiger partial charge in [0.1, 0.15) is 11.3 Å². The summed E-state index contributed by atoms with van der Waals surface area (Å²) in [4.78, 5) is 12.0. The molecule has 0 fully saturated rings. The average molecular weight is 362 g/mol. The molecular formula is C16H15F5N2O2. The maximum Gasteiger partial charge on any atom is 0.416 e. The maximum absolute atomic E-state index is 13.2. The van der Waals surface area contributed by atoms with Crippen LogP contribution < -0.4 is 0 Å². The van der Waals surface area contributed by atoms with Crippen molar-refractivity contribution in [3.63, 3.8) is 0 Å². The fraction of sp³-hybridized carbons (Fsp3) is 0.375. The van der Waals surface area contributed by atoms with E-state index in [2.05, 4.69) is 5.10 Å². The van der Waals surface area contributed by atoms with Gasteiger partial charge in [0.2, 0.25) is 0 Å². The Morgan fingerprint density at radius 3 is 2.56 bits per heavy atom. The summed E-state index contributed by atoms with van der Waals surface area (Å²) in [6.07, 6.45) is -7.72. The van der Waals surface area contributed by atoms with Crippen molar-refractivity contribution in [3.05, 3.63) is 52.3 Å². The topological polar surface area (TPSA) is 44.1 Å². The van der Waals surface area contributed by atoms with Gasteiger partial charge in [-0.25, -0.2) is 13.6 Å². The van der Waals surface area contributed by atoms with Gasteiger partial charge in [-0.3, -0.25) is 4.68 Å². The first kappa shape index (κ1) is 18.9. The lowest BCUT2D eigenvalue weighted by atomic mass is 10.0. The predicted octanol–water partition coefficient (Wildman–Crippen LogP) is 4.14. The lowest BCUT2D eigenvalue weighted by molar-refractivity contribution is -0.137. The highest BCUT2D eigenvalue weighted by Crippen LogP contribution is 2.31. The SMILES string of the molecule is CCOC(=O)c1c(Cc2cccc(C(F)(F)F)c2)nn(C)c1C(F)F. The molecule has 0 bridgehead atoms. The number of hydrogen-bond donors (Lipinski definition) is 0. The lowest BCUT2D eigenvalue weighted by Crippen LogP contribution is -2.11. The van der Waals surface area contributed by atoms with Crippen molar-refractivity contribution in [2.75, 3.05) is 6.61 Å². The van der Waals surface area contributed by atoms with Crippen LogP contribution in [0.25, 0.3) is 0 Å². The first-order valence-electron chi connectivity index (χ1n) is 7.32. The van der Waals surface area contributed by atoms with Crippen LogP contribution in [-0.2, 0) is 24.4 Å². The van der Waals surface area contributed by atoms with Crippen LogP contribution in [0.3, 0.4) is 0 Å². The Hall–Kier alpha value is -2.45. The van der Waals surface area contributed by atoms with Crippen molar-refractivity contribution in [2.24, 2.45) is 7.05 Å². The van der Waals surface area contributed by atoms with Crippen molar-refractivity contribution in [1.82, 2.24) is 9.78 Å². The predicted molar refractivity (Wildman–Crippen MR) is 78.4 cm³/mol. The summed E-state index contributed by atoms with van der Waals surface area (Å²) in [6.45, 7) is 1.49. The lowest BCUT2D eigenvalue weighted by Gasteiger charge is -2.09. The van der Waals surface area contributed by atoms with E-state index in [-0.39, 0.29) is 24.3 Å². The molecule has 0 saturated heterocycles. The molecule has 0 radical (unpaired) electrons. The second-order valence-corrected chi connectivity index (χ2v) is 5.23. The molecule has 2 rings (SSSR count). The summed E-state index contributed by atoms with van der Waals surface area (Å²) in [5, 5.41) is 3.88. The van der Waals surface area contributed by atoms with E-state index in [1.807, 2.05) is 0 Å². The van der Waals surface area contributed by atoms with E-state index in [1.54, 1.807) is 0 Å². The van der Waals surface area contributed by atoms with Crippen LogP contribution in [-0.4, -0.2) is 22.4 Å². The number of alkyl halides is 5. The summed E-state index contributed by atoms with van der Waals surface area (Å²) < 4.78 is 70.5. The summed E-state index contributed by atoms with van der Waals surface area (Å²) in [5.41, 5.74) is -1.76. The van der Waals surface area contributed by atoms with E-state index in [0.29, 0.717) is 0 Å². The molecule has 1 aromatic heterocycles.